The molecule has 3 heteroatoms. The Bertz CT molecular complexity index is 362. The van der Waals surface area contributed by atoms with Crippen molar-refractivity contribution in [3.63, 3.8) is 0 Å². The van der Waals surface area contributed by atoms with E-state index in [1.165, 1.54) is 25.7 Å². The van der Waals surface area contributed by atoms with E-state index in [0.717, 1.165) is 11.6 Å². The van der Waals surface area contributed by atoms with Gasteiger partial charge in [-0.15, -0.1) is 0 Å². The van der Waals surface area contributed by atoms with Crippen LogP contribution in [0.25, 0.3) is 0 Å². The highest BCUT2D eigenvalue weighted by Gasteiger charge is 2.20. The molecule has 1 saturated carbocycles. The predicted octanol–water partition coefficient (Wildman–Crippen LogP) is 2.84. The molecule has 0 heterocycles. The maximum Gasteiger partial charge on any atom is 0.0568 e. The molecule has 0 aromatic heterocycles. The van der Waals surface area contributed by atoms with Crippen LogP contribution in [-0.4, -0.2) is 6.04 Å². The summed E-state index contributed by atoms with van der Waals surface area (Å²) in [5.41, 5.74) is 13.9. The second kappa shape index (κ2) is 4.64. The summed E-state index contributed by atoms with van der Waals surface area (Å²) in [6.07, 6.45) is 5.27. The minimum atomic E-state index is 0.580. The van der Waals surface area contributed by atoms with E-state index in [-0.39, 0.29) is 0 Å². The molecule has 0 bridgehead atoms. The summed E-state index contributed by atoms with van der Waals surface area (Å²) < 4.78 is 0. The highest BCUT2D eigenvalue weighted by atomic mass is 14.9. The average molecular weight is 219 g/mol. The minimum Gasteiger partial charge on any atom is -0.397 e. The molecular formula is C13H21N3. The SMILES string of the molecule is CC1CCCCC1Nc1ccc(N)c(N)c1. The van der Waals surface area contributed by atoms with Crippen LogP contribution in [0.1, 0.15) is 32.6 Å². The fraction of sp³-hybridized carbons (Fsp3) is 0.538. The lowest BCUT2D eigenvalue weighted by Crippen LogP contribution is -2.30. The molecule has 1 aliphatic carbocycles. The van der Waals surface area contributed by atoms with E-state index in [9.17, 15) is 0 Å². The van der Waals surface area contributed by atoms with Crippen molar-refractivity contribution in [3.05, 3.63) is 18.2 Å². The molecule has 2 atom stereocenters. The largest absolute Gasteiger partial charge is 0.397 e. The van der Waals surface area contributed by atoms with Gasteiger partial charge in [-0.1, -0.05) is 19.8 Å². The quantitative estimate of drug-likeness (QED) is 0.670. The Kier molecular flexibility index (Phi) is 3.22. The fourth-order valence-electron chi connectivity index (χ4n) is 2.41. The highest BCUT2D eigenvalue weighted by molar-refractivity contribution is 5.69. The summed E-state index contributed by atoms with van der Waals surface area (Å²) in [6.45, 7) is 2.32. The van der Waals surface area contributed by atoms with E-state index < -0.39 is 0 Å². The van der Waals surface area contributed by atoms with Crippen molar-refractivity contribution in [2.24, 2.45) is 5.92 Å². The van der Waals surface area contributed by atoms with Crippen molar-refractivity contribution in [2.45, 2.75) is 38.6 Å². The van der Waals surface area contributed by atoms with Gasteiger partial charge in [0.2, 0.25) is 0 Å². The van der Waals surface area contributed by atoms with Gasteiger partial charge in [0.05, 0.1) is 11.4 Å². The summed E-state index contributed by atoms with van der Waals surface area (Å²) in [4.78, 5) is 0. The topological polar surface area (TPSA) is 64.1 Å². The molecule has 0 spiro atoms. The third-order valence-electron chi connectivity index (χ3n) is 3.55. The molecule has 0 aliphatic heterocycles. The third-order valence-corrected chi connectivity index (χ3v) is 3.55. The number of nitrogens with one attached hydrogen (secondary N) is 1. The standard InChI is InChI=1S/C13H21N3/c1-9-4-2-3-5-13(9)16-10-6-7-11(14)12(15)8-10/h6-9,13,16H,2-5,14-15H2,1H3. The molecule has 0 radical (unpaired) electrons. The number of benzene rings is 1. The molecule has 16 heavy (non-hydrogen) atoms. The summed E-state index contributed by atoms with van der Waals surface area (Å²) in [6, 6.07) is 6.38. The first kappa shape index (κ1) is 11.1. The lowest BCUT2D eigenvalue weighted by molar-refractivity contribution is 0.349. The van der Waals surface area contributed by atoms with Crippen LogP contribution in [0.2, 0.25) is 0 Å². The maximum atomic E-state index is 5.80. The van der Waals surface area contributed by atoms with Crippen molar-refractivity contribution in [2.75, 3.05) is 16.8 Å². The number of nitrogens with two attached hydrogens (primary N) is 2. The van der Waals surface area contributed by atoms with Gasteiger partial charge < -0.3 is 16.8 Å². The van der Waals surface area contributed by atoms with Crippen molar-refractivity contribution in [1.82, 2.24) is 0 Å². The molecule has 1 aliphatic rings. The van der Waals surface area contributed by atoms with Crippen LogP contribution in [0.5, 0.6) is 0 Å². The Morgan fingerprint density at radius 1 is 1.12 bits per heavy atom. The molecule has 2 rings (SSSR count). The minimum absolute atomic E-state index is 0.580. The van der Waals surface area contributed by atoms with Crippen molar-refractivity contribution >= 4 is 17.1 Å². The number of nitrogen functional groups attached to an aromatic ring is 2. The van der Waals surface area contributed by atoms with Gasteiger partial charge in [0.15, 0.2) is 0 Å². The van der Waals surface area contributed by atoms with E-state index in [2.05, 4.69) is 12.2 Å². The summed E-state index contributed by atoms with van der Waals surface area (Å²) in [5.74, 6) is 0.743. The van der Waals surface area contributed by atoms with Crippen LogP contribution >= 0.6 is 0 Å². The van der Waals surface area contributed by atoms with E-state index in [1.807, 2.05) is 18.2 Å². The summed E-state index contributed by atoms with van der Waals surface area (Å²) in [7, 11) is 0. The Morgan fingerprint density at radius 2 is 1.88 bits per heavy atom. The Hall–Kier alpha value is -1.38. The predicted molar refractivity (Wildman–Crippen MR) is 70.3 cm³/mol. The molecular weight excluding hydrogens is 198 g/mol. The molecule has 0 amide bonds. The summed E-state index contributed by atoms with van der Waals surface area (Å²) in [5, 5.41) is 3.56. The lowest BCUT2D eigenvalue weighted by atomic mass is 9.86. The van der Waals surface area contributed by atoms with Gasteiger partial charge in [-0.2, -0.15) is 0 Å². The van der Waals surface area contributed by atoms with Gasteiger partial charge in [0.25, 0.3) is 0 Å². The molecule has 3 nitrogen and oxygen atoms in total. The van der Waals surface area contributed by atoms with Gasteiger partial charge in [0.1, 0.15) is 0 Å². The van der Waals surface area contributed by atoms with Gasteiger partial charge in [-0.3, -0.25) is 0 Å². The zero-order chi connectivity index (χ0) is 11.5. The van der Waals surface area contributed by atoms with E-state index in [4.69, 9.17) is 11.5 Å². The zero-order valence-electron chi connectivity index (χ0n) is 9.87. The highest BCUT2D eigenvalue weighted by Crippen LogP contribution is 2.28. The Labute approximate surface area is 97.2 Å². The van der Waals surface area contributed by atoms with Crippen LogP contribution < -0.4 is 16.8 Å². The number of hydrogen-bond acceptors (Lipinski definition) is 3. The second-order valence-electron chi connectivity index (χ2n) is 4.86. The number of anilines is 3. The fourth-order valence-corrected chi connectivity index (χ4v) is 2.41. The first-order valence-corrected chi connectivity index (χ1v) is 6.08. The van der Waals surface area contributed by atoms with E-state index in [0.29, 0.717) is 17.4 Å². The molecule has 1 fully saturated rings. The zero-order valence-corrected chi connectivity index (χ0v) is 9.87. The van der Waals surface area contributed by atoms with Gasteiger partial charge >= 0.3 is 0 Å². The first-order valence-electron chi connectivity index (χ1n) is 6.08. The molecule has 5 N–H and O–H groups in total. The Morgan fingerprint density at radius 3 is 2.56 bits per heavy atom. The summed E-state index contributed by atoms with van der Waals surface area (Å²) >= 11 is 0. The van der Waals surface area contributed by atoms with Crippen LogP contribution in [0.15, 0.2) is 18.2 Å². The molecule has 1 aromatic rings. The maximum absolute atomic E-state index is 5.80. The number of hydrogen-bond donors (Lipinski definition) is 3. The monoisotopic (exact) mass is 219 g/mol. The van der Waals surface area contributed by atoms with Crippen molar-refractivity contribution in [3.8, 4) is 0 Å². The van der Waals surface area contributed by atoms with Crippen LogP contribution in [0.4, 0.5) is 17.1 Å². The van der Waals surface area contributed by atoms with Crippen LogP contribution in [0.3, 0.4) is 0 Å². The number of rotatable bonds is 2. The first-order chi connectivity index (χ1) is 7.66. The van der Waals surface area contributed by atoms with Crippen molar-refractivity contribution < 1.29 is 0 Å². The van der Waals surface area contributed by atoms with E-state index >= 15 is 0 Å². The molecule has 1 aromatic carbocycles. The second-order valence-corrected chi connectivity index (χ2v) is 4.86. The van der Waals surface area contributed by atoms with Crippen LogP contribution in [0, 0.1) is 5.92 Å². The molecule has 0 saturated heterocycles. The van der Waals surface area contributed by atoms with Gasteiger partial charge in [-0.25, -0.2) is 0 Å². The normalized spacial score (nSPS) is 25.3. The van der Waals surface area contributed by atoms with Crippen molar-refractivity contribution in [1.29, 1.82) is 0 Å². The molecule has 88 valence electrons. The lowest BCUT2D eigenvalue weighted by Gasteiger charge is -2.30. The van der Waals surface area contributed by atoms with Gasteiger partial charge in [-0.05, 0) is 37.0 Å². The third kappa shape index (κ3) is 2.40. The average Bonchev–Trinajstić information content (AvgIpc) is 2.27. The smallest absolute Gasteiger partial charge is 0.0568 e. The van der Waals surface area contributed by atoms with Crippen LogP contribution in [-0.2, 0) is 0 Å². The van der Waals surface area contributed by atoms with Gasteiger partial charge in [0, 0.05) is 11.7 Å². The van der Waals surface area contributed by atoms with E-state index in [1.54, 1.807) is 0 Å². The Balaban J connectivity index is 2.05. The molecule has 2 unspecified atom stereocenters.